The summed E-state index contributed by atoms with van der Waals surface area (Å²) < 4.78 is 0. The summed E-state index contributed by atoms with van der Waals surface area (Å²) in [6.07, 6.45) is 0. The predicted octanol–water partition coefficient (Wildman–Crippen LogP) is -2.54. The van der Waals surface area contributed by atoms with Crippen molar-refractivity contribution in [3.05, 3.63) is 0 Å². The molecule has 0 unspecified atom stereocenters. The van der Waals surface area contributed by atoms with E-state index >= 15 is 0 Å². The van der Waals surface area contributed by atoms with E-state index < -0.39 is 0 Å². The minimum Gasteiger partial charge on any atom is -0.855 e. The third-order valence-corrected chi connectivity index (χ3v) is 0. The first-order valence-electron chi connectivity index (χ1n) is 3.98. The average molecular weight is 276 g/mol. The van der Waals surface area contributed by atoms with Gasteiger partial charge in [0, 0.05) is 0 Å². The van der Waals surface area contributed by atoms with Crippen LogP contribution >= 0.6 is 0 Å². The van der Waals surface area contributed by atoms with Crippen molar-refractivity contribution in [1.82, 2.24) is 0 Å². The van der Waals surface area contributed by atoms with E-state index in [1.165, 1.54) is 0 Å². The van der Waals surface area contributed by atoms with Crippen LogP contribution in [0.2, 0.25) is 0 Å². The van der Waals surface area contributed by atoms with E-state index in [0.717, 1.165) is 0 Å². The second kappa shape index (κ2) is 90.5. The molecule has 0 aliphatic carbocycles. The van der Waals surface area contributed by atoms with E-state index in [1.54, 1.807) is 27.7 Å². The van der Waals surface area contributed by atoms with Gasteiger partial charge >= 0.3 is 43.4 Å². The SMILES string of the molecule is CC[O-].CC[O-].CC[O-].CC[O-].[Ti+4].[Ti+4]. The van der Waals surface area contributed by atoms with E-state index in [-0.39, 0.29) is 69.9 Å². The Labute approximate surface area is 118 Å². The summed E-state index contributed by atoms with van der Waals surface area (Å²) in [5, 5.41) is 35.7. The molecular weight excluding hydrogens is 256 g/mol. The van der Waals surface area contributed by atoms with Crippen molar-refractivity contribution in [2.75, 3.05) is 26.4 Å². The molecule has 0 aliphatic rings. The van der Waals surface area contributed by atoms with Gasteiger partial charge in [0.05, 0.1) is 0 Å². The second-order valence-corrected chi connectivity index (χ2v) is 1.15. The van der Waals surface area contributed by atoms with Crippen LogP contribution in [0.3, 0.4) is 0 Å². The smallest absolute Gasteiger partial charge is 0.855 e. The van der Waals surface area contributed by atoms with Gasteiger partial charge in [0.2, 0.25) is 0 Å². The minimum absolute atomic E-state index is 0. The van der Waals surface area contributed by atoms with Crippen molar-refractivity contribution in [2.45, 2.75) is 27.7 Å². The maximum absolute atomic E-state index is 8.93. The number of rotatable bonds is 0. The van der Waals surface area contributed by atoms with Gasteiger partial charge in [-0.3, -0.25) is 0 Å². The molecule has 0 rings (SSSR count). The van der Waals surface area contributed by atoms with Crippen LogP contribution in [-0.2, 0) is 43.4 Å². The molecule has 0 radical (unpaired) electrons. The average Bonchev–Trinajstić information content (AvgIpc) is 1.92. The molecule has 0 aromatic carbocycles. The molecular formula is C8H20O4Ti2+4. The molecule has 0 aliphatic heterocycles. The van der Waals surface area contributed by atoms with Gasteiger partial charge in [-0.1, -0.05) is 27.7 Å². The van der Waals surface area contributed by atoms with E-state index in [2.05, 4.69) is 0 Å². The predicted molar refractivity (Wildman–Crippen MR) is 42.2 cm³/mol. The topological polar surface area (TPSA) is 92.2 Å². The van der Waals surface area contributed by atoms with E-state index in [0.29, 0.717) is 0 Å². The van der Waals surface area contributed by atoms with Gasteiger partial charge in [0.1, 0.15) is 0 Å². The summed E-state index contributed by atoms with van der Waals surface area (Å²) in [5.41, 5.74) is 0. The molecule has 0 saturated heterocycles. The fourth-order valence-electron chi connectivity index (χ4n) is 0. The number of hydrogen-bond donors (Lipinski definition) is 0. The van der Waals surface area contributed by atoms with Crippen LogP contribution in [0.25, 0.3) is 0 Å². The molecule has 0 atom stereocenters. The van der Waals surface area contributed by atoms with Crippen LogP contribution in [-0.4, -0.2) is 26.4 Å². The Bertz CT molecular complexity index is 27.3. The molecule has 0 bridgehead atoms. The van der Waals surface area contributed by atoms with Gasteiger partial charge in [0.25, 0.3) is 0 Å². The Balaban J connectivity index is -0.0000000145. The monoisotopic (exact) mass is 276 g/mol. The van der Waals surface area contributed by atoms with Gasteiger partial charge < -0.3 is 20.4 Å². The van der Waals surface area contributed by atoms with Crippen LogP contribution in [0.4, 0.5) is 0 Å². The molecule has 6 heteroatoms. The molecule has 0 amide bonds. The van der Waals surface area contributed by atoms with Gasteiger partial charge in [0.15, 0.2) is 0 Å². The first kappa shape index (κ1) is 36.2. The van der Waals surface area contributed by atoms with Crippen molar-refractivity contribution in [1.29, 1.82) is 0 Å². The first-order valence-corrected chi connectivity index (χ1v) is 3.98. The fraction of sp³-hybridized carbons (Fsp3) is 1.00. The Hall–Kier alpha value is 1.27. The Morgan fingerprint density at radius 2 is 0.500 bits per heavy atom. The zero-order valence-corrected chi connectivity index (χ0v) is 12.6. The Morgan fingerprint density at radius 3 is 0.500 bits per heavy atom. The molecule has 0 aromatic heterocycles. The Kier molecular flexibility index (Phi) is 234. The standard InChI is InChI=1S/4C2H5O.2Ti/c4*1-2-3;;/h4*2H2,1H3;;/q4*-1;2*+4. The van der Waals surface area contributed by atoms with Crippen LogP contribution < -0.4 is 20.4 Å². The quantitative estimate of drug-likeness (QED) is 0.456. The van der Waals surface area contributed by atoms with E-state index in [1.807, 2.05) is 0 Å². The third kappa shape index (κ3) is 1240. The summed E-state index contributed by atoms with van der Waals surface area (Å²) in [7, 11) is 0. The zero-order valence-electron chi connectivity index (χ0n) is 9.46. The maximum atomic E-state index is 8.93. The van der Waals surface area contributed by atoms with Crippen molar-refractivity contribution in [3.63, 3.8) is 0 Å². The zero-order chi connectivity index (χ0) is 10.8. The first-order chi connectivity index (χ1) is 5.66. The molecule has 80 valence electrons. The normalized spacial score (nSPS) is 5.14. The minimum atomic E-state index is 0. The molecule has 0 aromatic rings. The molecule has 0 saturated carbocycles. The van der Waals surface area contributed by atoms with Crippen molar-refractivity contribution in [2.24, 2.45) is 0 Å². The van der Waals surface area contributed by atoms with Gasteiger partial charge in [-0.2, -0.15) is 0 Å². The van der Waals surface area contributed by atoms with Crippen molar-refractivity contribution in [3.8, 4) is 0 Å². The summed E-state index contributed by atoms with van der Waals surface area (Å²) in [6, 6.07) is 0. The van der Waals surface area contributed by atoms with Crippen LogP contribution in [0.1, 0.15) is 27.7 Å². The molecule has 4 nitrogen and oxygen atoms in total. The van der Waals surface area contributed by atoms with Gasteiger partial charge in [-0.05, 0) is 0 Å². The van der Waals surface area contributed by atoms with E-state index in [9.17, 15) is 0 Å². The second-order valence-electron chi connectivity index (χ2n) is 1.15. The molecule has 0 fully saturated rings. The van der Waals surface area contributed by atoms with E-state index in [4.69, 9.17) is 20.4 Å². The van der Waals surface area contributed by atoms with Crippen molar-refractivity contribution < 1.29 is 63.9 Å². The molecule has 0 heterocycles. The third-order valence-electron chi connectivity index (χ3n) is 0. The fourth-order valence-corrected chi connectivity index (χ4v) is 0. The van der Waals surface area contributed by atoms with Crippen LogP contribution in [0.5, 0.6) is 0 Å². The maximum Gasteiger partial charge on any atom is 4.00 e. The van der Waals surface area contributed by atoms with Crippen LogP contribution in [0, 0.1) is 0 Å². The molecule has 0 spiro atoms. The largest absolute Gasteiger partial charge is 4.00 e. The summed E-state index contributed by atoms with van der Waals surface area (Å²) >= 11 is 0. The summed E-state index contributed by atoms with van der Waals surface area (Å²) in [4.78, 5) is 0. The number of hydrogen-bond acceptors (Lipinski definition) is 4. The van der Waals surface area contributed by atoms with Gasteiger partial charge in [-0.15, -0.1) is 26.4 Å². The molecule has 14 heavy (non-hydrogen) atoms. The summed E-state index contributed by atoms with van der Waals surface area (Å²) in [5.74, 6) is 0. The van der Waals surface area contributed by atoms with Crippen molar-refractivity contribution >= 4 is 0 Å². The van der Waals surface area contributed by atoms with Gasteiger partial charge in [-0.25, -0.2) is 0 Å². The molecule has 0 N–H and O–H groups in total. The summed E-state index contributed by atoms with van der Waals surface area (Å²) in [6.45, 7) is 6.28. The Morgan fingerprint density at radius 1 is 0.500 bits per heavy atom. The van der Waals surface area contributed by atoms with Crippen LogP contribution in [0.15, 0.2) is 0 Å².